The van der Waals surface area contributed by atoms with E-state index in [-0.39, 0.29) is 0 Å². The van der Waals surface area contributed by atoms with Gasteiger partial charge in [-0.05, 0) is 37.0 Å². The SMILES string of the molecule is O=C(C1CCC1)N1CC=C(c2c[nH]c3ncccc23)CC1. The molecule has 108 valence electrons. The molecule has 3 heterocycles. The minimum atomic E-state index is 0.303. The third kappa shape index (κ3) is 2.15. The lowest BCUT2D eigenvalue weighted by molar-refractivity contribution is -0.137. The van der Waals surface area contributed by atoms with Crippen LogP contribution in [0.1, 0.15) is 31.2 Å². The molecule has 2 aromatic rings. The molecule has 4 rings (SSSR count). The van der Waals surface area contributed by atoms with Gasteiger partial charge in [0.2, 0.25) is 5.91 Å². The zero-order valence-electron chi connectivity index (χ0n) is 12.0. The van der Waals surface area contributed by atoms with Crippen LogP contribution in [0.4, 0.5) is 0 Å². The number of hydrogen-bond acceptors (Lipinski definition) is 2. The van der Waals surface area contributed by atoms with E-state index in [4.69, 9.17) is 0 Å². The van der Waals surface area contributed by atoms with Gasteiger partial charge in [-0.25, -0.2) is 4.98 Å². The molecule has 0 bridgehead atoms. The van der Waals surface area contributed by atoms with E-state index < -0.39 is 0 Å². The van der Waals surface area contributed by atoms with Gasteiger partial charge in [-0.15, -0.1) is 0 Å². The van der Waals surface area contributed by atoms with E-state index in [2.05, 4.69) is 22.1 Å². The number of aromatic nitrogens is 2. The summed E-state index contributed by atoms with van der Waals surface area (Å²) in [4.78, 5) is 21.8. The van der Waals surface area contributed by atoms with Crippen LogP contribution >= 0.6 is 0 Å². The molecular weight excluding hydrogens is 262 g/mol. The minimum absolute atomic E-state index is 0.303. The summed E-state index contributed by atoms with van der Waals surface area (Å²) >= 11 is 0. The lowest BCUT2D eigenvalue weighted by Gasteiger charge is -2.33. The second-order valence-corrected chi connectivity index (χ2v) is 5.99. The molecule has 0 spiro atoms. The van der Waals surface area contributed by atoms with Gasteiger partial charge >= 0.3 is 0 Å². The Morgan fingerprint density at radius 1 is 1.38 bits per heavy atom. The molecular formula is C17H19N3O. The number of fused-ring (bicyclic) bond motifs is 1. The Labute approximate surface area is 123 Å². The van der Waals surface area contributed by atoms with E-state index in [9.17, 15) is 4.79 Å². The monoisotopic (exact) mass is 281 g/mol. The van der Waals surface area contributed by atoms with Crippen molar-refractivity contribution in [2.75, 3.05) is 13.1 Å². The summed E-state index contributed by atoms with van der Waals surface area (Å²) < 4.78 is 0. The first-order valence-electron chi connectivity index (χ1n) is 7.73. The highest BCUT2D eigenvalue weighted by Gasteiger charge is 2.30. The van der Waals surface area contributed by atoms with Gasteiger partial charge in [-0.2, -0.15) is 0 Å². The van der Waals surface area contributed by atoms with Crippen LogP contribution in [-0.2, 0) is 4.79 Å². The summed E-state index contributed by atoms with van der Waals surface area (Å²) in [5.74, 6) is 0.661. The summed E-state index contributed by atoms with van der Waals surface area (Å²) in [6, 6.07) is 4.07. The number of H-pyrrole nitrogens is 1. The fourth-order valence-corrected chi connectivity index (χ4v) is 3.25. The van der Waals surface area contributed by atoms with E-state index >= 15 is 0 Å². The summed E-state index contributed by atoms with van der Waals surface area (Å²) in [6.45, 7) is 1.59. The maximum absolute atomic E-state index is 12.3. The molecule has 0 aromatic carbocycles. The summed E-state index contributed by atoms with van der Waals surface area (Å²) in [6.07, 6.45) is 10.4. The fraction of sp³-hybridized carbons (Fsp3) is 0.412. The molecule has 1 fully saturated rings. The number of amides is 1. The number of rotatable bonds is 2. The molecule has 1 N–H and O–H groups in total. The van der Waals surface area contributed by atoms with Crippen LogP contribution in [0.3, 0.4) is 0 Å². The molecule has 4 heteroatoms. The molecule has 0 unspecified atom stereocenters. The molecule has 0 radical (unpaired) electrons. The Kier molecular flexibility index (Phi) is 3.02. The largest absolute Gasteiger partial charge is 0.346 e. The first-order valence-corrected chi connectivity index (χ1v) is 7.73. The Morgan fingerprint density at radius 3 is 3.00 bits per heavy atom. The van der Waals surface area contributed by atoms with Crippen molar-refractivity contribution >= 4 is 22.5 Å². The molecule has 1 aliphatic carbocycles. The van der Waals surface area contributed by atoms with E-state index in [1.54, 1.807) is 6.20 Å². The summed E-state index contributed by atoms with van der Waals surface area (Å²) in [7, 11) is 0. The molecule has 2 aliphatic rings. The fourth-order valence-electron chi connectivity index (χ4n) is 3.25. The van der Waals surface area contributed by atoms with Crippen molar-refractivity contribution in [1.29, 1.82) is 0 Å². The number of aromatic amines is 1. The van der Waals surface area contributed by atoms with Crippen LogP contribution < -0.4 is 0 Å². The van der Waals surface area contributed by atoms with E-state index in [1.807, 2.05) is 17.2 Å². The zero-order chi connectivity index (χ0) is 14.2. The number of nitrogens with one attached hydrogen (secondary N) is 1. The Morgan fingerprint density at radius 2 is 2.29 bits per heavy atom. The molecule has 1 amide bonds. The van der Waals surface area contributed by atoms with Gasteiger partial charge in [-0.3, -0.25) is 4.79 Å². The first kappa shape index (κ1) is 12.6. The lowest BCUT2D eigenvalue weighted by Crippen LogP contribution is -2.41. The summed E-state index contributed by atoms with van der Waals surface area (Å²) in [5.41, 5.74) is 3.49. The molecule has 0 atom stereocenters. The van der Waals surface area contributed by atoms with Crippen LogP contribution in [0.5, 0.6) is 0 Å². The predicted molar refractivity (Wildman–Crippen MR) is 82.6 cm³/mol. The predicted octanol–water partition coefficient (Wildman–Crippen LogP) is 2.98. The van der Waals surface area contributed by atoms with Gasteiger partial charge in [0, 0.05) is 42.4 Å². The molecule has 1 aliphatic heterocycles. The smallest absolute Gasteiger partial charge is 0.225 e. The van der Waals surface area contributed by atoms with E-state index in [0.717, 1.165) is 38.0 Å². The second kappa shape index (κ2) is 5.02. The Balaban J connectivity index is 1.55. The van der Waals surface area contributed by atoms with Crippen molar-refractivity contribution in [2.45, 2.75) is 25.7 Å². The number of pyridine rings is 1. The standard InChI is InChI=1S/C17H19N3O/c21-17(13-3-1-4-13)20-9-6-12(7-10-20)15-11-19-16-14(15)5-2-8-18-16/h2,5-6,8,11,13H,1,3-4,7,9-10H2,(H,18,19). The molecule has 21 heavy (non-hydrogen) atoms. The van der Waals surface area contributed by atoms with Crippen molar-refractivity contribution in [3.05, 3.63) is 36.2 Å². The van der Waals surface area contributed by atoms with Crippen molar-refractivity contribution in [1.82, 2.24) is 14.9 Å². The number of nitrogens with zero attached hydrogens (tertiary/aromatic N) is 2. The molecule has 1 saturated carbocycles. The maximum Gasteiger partial charge on any atom is 0.225 e. The second-order valence-electron chi connectivity index (χ2n) is 5.99. The molecule has 2 aromatic heterocycles. The quantitative estimate of drug-likeness (QED) is 0.920. The van der Waals surface area contributed by atoms with Gasteiger partial charge in [0.1, 0.15) is 5.65 Å². The minimum Gasteiger partial charge on any atom is -0.346 e. The van der Waals surface area contributed by atoms with Crippen molar-refractivity contribution in [2.24, 2.45) is 5.92 Å². The lowest BCUT2D eigenvalue weighted by atomic mass is 9.84. The van der Waals surface area contributed by atoms with E-state index in [1.165, 1.54) is 22.9 Å². The highest BCUT2D eigenvalue weighted by atomic mass is 16.2. The normalized spacial score (nSPS) is 19.4. The first-order chi connectivity index (χ1) is 10.3. The van der Waals surface area contributed by atoms with Crippen molar-refractivity contribution < 1.29 is 4.79 Å². The topological polar surface area (TPSA) is 49.0 Å². The highest BCUT2D eigenvalue weighted by molar-refractivity contribution is 5.91. The van der Waals surface area contributed by atoms with Crippen molar-refractivity contribution in [3.63, 3.8) is 0 Å². The third-order valence-electron chi connectivity index (χ3n) is 4.77. The van der Waals surface area contributed by atoms with Crippen LogP contribution in [0, 0.1) is 5.92 Å². The number of hydrogen-bond donors (Lipinski definition) is 1. The van der Waals surface area contributed by atoms with Crippen LogP contribution in [-0.4, -0.2) is 33.9 Å². The number of carbonyl (C=O) groups excluding carboxylic acids is 1. The van der Waals surface area contributed by atoms with Crippen LogP contribution in [0.25, 0.3) is 16.6 Å². The van der Waals surface area contributed by atoms with Crippen LogP contribution in [0.15, 0.2) is 30.6 Å². The van der Waals surface area contributed by atoms with E-state index in [0.29, 0.717) is 11.8 Å². The van der Waals surface area contributed by atoms with Gasteiger partial charge < -0.3 is 9.88 Å². The number of carbonyl (C=O) groups is 1. The Hall–Kier alpha value is -2.10. The summed E-state index contributed by atoms with van der Waals surface area (Å²) in [5, 5.41) is 1.17. The van der Waals surface area contributed by atoms with Gasteiger partial charge in [0.25, 0.3) is 0 Å². The van der Waals surface area contributed by atoms with Gasteiger partial charge in [-0.1, -0.05) is 12.5 Å². The van der Waals surface area contributed by atoms with Gasteiger partial charge in [0.05, 0.1) is 0 Å². The third-order valence-corrected chi connectivity index (χ3v) is 4.77. The zero-order valence-corrected chi connectivity index (χ0v) is 12.0. The maximum atomic E-state index is 12.3. The molecule has 0 saturated heterocycles. The van der Waals surface area contributed by atoms with Crippen LogP contribution in [0.2, 0.25) is 0 Å². The average Bonchev–Trinajstić information content (AvgIpc) is 2.89. The highest BCUT2D eigenvalue weighted by Crippen LogP contribution is 2.32. The molecule has 4 nitrogen and oxygen atoms in total. The van der Waals surface area contributed by atoms with Gasteiger partial charge in [0.15, 0.2) is 0 Å². The average molecular weight is 281 g/mol. The van der Waals surface area contributed by atoms with Crippen molar-refractivity contribution in [3.8, 4) is 0 Å². The Bertz CT molecular complexity index is 712.